The highest BCUT2D eigenvalue weighted by Gasteiger charge is 2.19. The molecule has 8 nitrogen and oxygen atoms in total. The molecule has 0 spiro atoms. The van der Waals surface area contributed by atoms with Gasteiger partial charge in [-0.05, 0) is 36.4 Å². The van der Waals surface area contributed by atoms with Gasteiger partial charge in [-0.2, -0.15) is 0 Å². The van der Waals surface area contributed by atoms with Crippen molar-refractivity contribution in [3.63, 3.8) is 0 Å². The summed E-state index contributed by atoms with van der Waals surface area (Å²) in [6.07, 6.45) is 0. The molecule has 1 N–H and O–H groups in total. The van der Waals surface area contributed by atoms with Crippen LogP contribution in [0.5, 0.6) is 0 Å². The van der Waals surface area contributed by atoms with Crippen molar-refractivity contribution in [3.8, 4) is 0 Å². The fraction of sp³-hybridized carbons (Fsp3) is 0.348. The quantitative estimate of drug-likeness (QED) is 0.732. The Kier molecular flexibility index (Phi) is 7.61. The van der Waals surface area contributed by atoms with Crippen LogP contribution in [-0.4, -0.2) is 81.0 Å². The van der Waals surface area contributed by atoms with Crippen LogP contribution in [0, 0.1) is 0 Å². The Hall–Kier alpha value is -3.39. The topological polar surface area (TPSA) is 82.2 Å². The van der Waals surface area contributed by atoms with Crippen LogP contribution < -0.4 is 10.2 Å². The average Bonchev–Trinajstić information content (AvgIpc) is 2.80. The first-order chi connectivity index (χ1) is 14.9. The zero-order chi connectivity index (χ0) is 22.2. The molecular formula is C23H28N4O4. The second-order valence-electron chi connectivity index (χ2n) is 7.47. The van der Waals surface area contributed by atoms with E-state index in [2.05, 4.69) is 10.2 Å². The summed E-state index contributed by atoms with van der Waals surface area (Å²) in [4.78, 5) is 42.0. The summed E-state index contributed by atoms with van der Waals surface area (Å²) in [6, 6.07) is 16.4. The minimum absolute atomic E-state index is 0.0998. The summed E-state index contributed by atoms with van der Waals surface area (Å²) in [5.41, 5.74) is 2.26. The maximum atomic E-state index is 12.4. The van der Waals surface area contributed by atoms with E-state index in [-0.39, 0.29) is 30.8 Å². The van der Waals surface area contributed by atoms with Crippen LogP contribution in [0.3, 0.4) is 0 Å². The molecule has 3 rings (SSSR count). The number of anilines is 2. The second-order valence-corrected chi connectivity index (χ2v) is 7.47. The van der Waals surface area contributed by atoms with Crippen LogP contribution >= 0.6 is 0 Å². The van der Waals surface area contributed by atoms with E-state index in [4.69, 9.17) is 4.74 Å². The molecule has 1 aliphatic rings. The molecule has 1 fully saturated rings. The average molecular weight is 425 g/mol. The number of rotatable bonds is 7. The first kappa shape index (κ1) is 22.3. The zero-order valence-corrected chi connectivity index (χ0v) is 17.9. The normalized spacial score (nSPS) is 13.4. The SMILES string of the molecule is CN(CC(=O)Nc1ccc(N2CCOCC2)cc1)C(=O)CN(C)C(=O)c1ccccc1. The summed E-state index contributed by atoms with van der Waals surface area (Å²) in [7, 11) is 3.11. The highest BCUT2D eigenvalue weighted by molar-refractivity contribution is 5.98. The van der Waals surface area contributed by atoms with Gasteiger partial charge < -0.3 is 24.8 Å². The molecule has 164 valence electrons. The van der Waals surface area contributed by atoms with Crippen LogP contribution in [0.25, 0.3) is 0 Å². The van der Waals surface area contributed by atoms with E-state index in [0.29, 0.717) is 24.5 Å². The van der Waals surface area contributed by atoms with Gasteiger partial charge in [0.05, 0.1) is 26.3 Å². The van der Waals surface area contributed by atoms with Crippen molar-refractivity contribution >= 4 is 29.1 Å². The predicted molar refractivity (Wildman–Crippen MR) is 119 cm³/mol. The summed E-state index contributed by atoms with van der Waals surface area (Å²) in [5, 5.41) is 2.80. The number of carbonyl (C=O) groups is 3. The lowest BCUT2D eigenvalue weighted by Crippen LogP contribution is -2.42. The molecule has 1 aliphatic heterocycles. The molecule has 2 aromatic carbocycles. The number of hydrogen-bond donors (Lipinski definition) is 1. The van der Waals surface area contributed by atoms with Crippen LogP contribution in [-0.2, 0) is 14.3 Å². The molecule has 1 saturated heterocycles. The number of ether oxygens (including phenoxy) is 1. The number of nitrogens with zero attached hydrogens (tertiary/aromatic N) is 3. The smallest absolute Gasteiger partial charge is 0.254 e. The fourth-order valence-electron chi connectivity index (χ4n) is 3.28. The van der Waals surface area contributed by atoms with Crippen molar-refractivity contribution in [2.24, 2.45) is 0 Å². The molecule has 0 saturated carbocycles. The summed E-state index contributed by atoms with van der Waals surface area (Å²) in [5.74, 6) is -0.858. The molecule has 0 bridgehead atoms. The number of nitrogens with one attached hydrogen (secondary N) is 1. The standard InChI is InChI=1S/C23H28N4O4/c1-25(22(29)17-26(2)23(30)18-6-4-3-5-7-18)16-21(28)24-19-8-10-20(11-9-19)27-12-14-31-15-13-27/h3-11H,12-17H2,1-2H3,(H,24,28). The number of likely N-dealkylation sites (N-methyl/N-ethyl adjacent to an activating group) is 2. The predicted octanol–water partition coefficient (Wildman–Crippen LogP) is 1.69. The minimum Gasteiger partial charge on any atom is -0.378 e. The van der Waals surface area contributed by atoms with E-state index in [0.717, 1.165) is 18.8 Å². The van der Waals surface area contributed by atoms with Gasteiger partial charge in [-0.1, -0.05) is 18.2 Å². The van der Waals surface area contributed by atoms with Crippen molar-refractivity contribution in [3.05, 3.63) is 60.2 Å². The van der Waals surface area contributed by atoms with Gasteiger partial charge in [0.25, 0.3) is 5.91 Å². The lowest BCUT2D eigenvalue weighted by molar-refractivity contribution is -0.133. The Bertz CT molecular complexity index is 896. The van der Waals surface area contributed by atoms with Crippen LogP contribution in [0.2, 0.25) is 0 Å². The van der Waals surface area contributed by atoms with Gasteiger partial charge in [-0.15, -0.1) is 0 Å². The number of amides is 3. The summed E-state index contributed by atoms with van der Waals surface area (Å²) >= 11 is 0. The van der Waals surface area contributed by atoms with E-state index in [1.165, 1.54) is 9.80 Å². The van der Waals surface area contributed by atoms with E-state index in [1.807, 2.05) is 30.3 Å². The number of benzene rings is 2. The maximum absolute atomic E-state index is 12.4. The monoisotopic (exact) mass is 424 g/mol. The number of hydrogen-bond acceptors (Lipinski definition) is 5. The zero-order valence-electron chi connectivity index (χ0n) is 17.9. The summed E-state index contributed by atoms with van der Waals surface area (Å²) < 4.78 is 5.36. The first-order valence-electron chi connectivity index (χ1n) is 10.2. The molecule has 0 atom stereocenters. The van der Waals surface area contributed by atoms with Gasteiger partial charge >= 0.3 is 0 Å². The van der Waals surface area contributed by atoms with Gasteiger partial charge in [0, 0.05) is 44.1 Å². The molecule has 1 heterocycles. The molecule has 8 heteroatoms. The Balaban J connectivity index is 1.47. The van der Waals surface area contributed by atoms with E-state index in [9.17, 15) is 14.4 Å². The van der Waals surface area contributed by atoms with Crippen molar-refractivity contribution in [2.45, 2.75) is 0 Å². The lowest BCUT2D eigenvalue weighted by Gasteiger charge is -2.29. The largest absolute Gasteiger partial charge is 0.378 e. The van der Waals surface area contributed by atoms with E-state index >= 15 is 0 Å². The summed E-state index contributed by atoms with van der Waals surface area (Å²) in [6.45, 7) is 2.92. The molecule has 0 aromatic heterocycles. The fourth-order valence-corrected chi connectivity index (χ4v) is 3.28. The number of carbonyl (C=O) groups excluding carboxylic acids is 3. The Morgan fingerprint density at radius 1 is 0.903 bits per heavy atom. The highest BCUT2D eigenvalue weighted by atomic mass is 16.5. The second kappa shape index (κ2) is 10.6. The third-order valence-electron chi connectivity index (χ3n) is 5.07. The molecule has 31 heavy (non-hydrogen) atoms. The third-order valence-corrected chi connectivity index (χ3v) is 5.07. The van der Waals surface area contributed by atoms with Crippen LogP contribution in [0.1, 0.15) is 10.4 Å². The van der Waals surface area contributed by atoms with Gasteiger partial charge in [0.15, 0.2) is 0 Å². The van der Waals surface area contributed by atoms with E-state index < -0.39 is 0 Å². The van der Waals surface area contributed by atoms with Crippen molar-refractivity contribution in [1.82, 2.24) is 9.80 Å². The maximum Gasteiger partial charge on any atom is 0.254 e. The molecule has 3 amide bonds. The van der Waals surface area contributed by atoms with Gasteiger partial charge in [0.1, 0.15) is 0 Å². The molecule has 2 aromatic rings. The Morgan fingerprint density at radius 3 is 2.19 bits per heavy atom. The lowest BCUT2D eigenvalue weighted by atomic mass is 10.2. The number of morpholine rings is 1. The van der Waals surface area contributed by atoms with Crippen LogP contribution in [0.15, 0.2) is 54.6 Å². The highest BCUT2D eigenvalue weighted by Crippen LogP contribution is 2.19. The molecule has 0 unspecified atom stereocenters. The van der Waals surface area contributed by atoms with Crippen molar-refractivity contribution < 1.29 is 19.1 Å². The Labute approximate surface area is 182 Å². The van der Waals surface area contributed by atoms with Gasteiger partial charge in [-0.25, -0.2) is 0 Å². The first-order valence-corrected chi connectivity index (χ1v) is 10.2. The Morgan fingerprint density at radius 2 is 1.55 bits per heavy atom. The minimum atomic E-state index is -0.315. The van der Waals surface area contributed by atoms with Crippen molar-refractivity contribution in [1.29, 1.82) is 0 Å². The van der Waals surface area contributed by atoms with E-state index in [1.54, 1.807) is 38.4 Å². The molecule has 0 radical (unpaired) electrons. The van der Waals surface area contributed by atoms with Crippen molar-refractivity contribution in [2.75, 3.05) is 63.7 Å². The molecular weight excluding hydrogens is 396 g/mol. The van der Waals surface area contributed by atoms with Crippen LogP contribution in [0.4, 0.5) is 11.4 Å². The molecule has 0 aliphatic carbocycles. The van der Waals surface area contributed by atoms with Gasteiger partial charge in [0.2, 0.25) is 11.8 Å². The van der Waals surface area contributed by atoms with Gasteiger partial charge in [-0.3, -0.25) is 14.4 Å². The third kappa shape index (κ3) is 6.29.